The smallest absolute Gasteiger partial charge is 0.241 e. The van der Waals surface area contributed by atoms with Crippen LogP contribution in [-0.4, -0.2) is 26.2 Å². The van der Waals surface area contributed by atoms with Crippen LogP contribution in [-0.2, 0) is 10.0 Å². The number of halogens is 2. The molecule has 1 rings (SSSR count). The second kappa shape index (κ2) is 6.60. The summed E-state index contributed by atoms with van der Waals surface area (Å²) in [7, 11) is -3.69. The Hall–Kier alpha value is -0.500. The molecule has 0 fully saturated rings. The van der Waals surface area contributed by atoms with Gasteiger partial charge in [0.1, 0.15) is 5.82 Å². The molecule has 18 heavy (non-hydrogen) atoms. The van der Waals surface area contributed by atoms with Crippen LogP contribution in [0.1, 0.15) is 19.8 Å². The van der Waals surface area contributed by atoms with Crippen molar-refractivity contribution in [2.45, 2.75) is 30.8 Å². The van der Waals surface area contributed by atoms with Gasteiger partial charge in [0.2, 0.25) is 10.0 Å². The minimum absolute atomic E-state index is 0.0186. The molecule has 0 aliphatic heterocycles. The molecule has 102 valence electrons. The molecule has 1 atom stereocenters. The first-order valence-corrected chi connectivity index (χ1v) is 7.77. The zero-order valence-corrected chi connectivity index (χ0v) is 12.3. The highest BCUT2D eigenvalue weighted by Crippen LogP contribution is 2.22. The van der Waals surface area contributed by atoms with Crippen molar-refractivity contribution >= 4 is 26.0 Å². The summed E-state index contributed by atoms with van der Waals surface area (Å²) in [4.78, 5) is -0.0186. The Labute approximate surface area is 114 Å². The molecule has 0 radical (unpaired) electrons. The zero-order valence-electron chi connectivity index (χ0n) is 9.86. The molecule has 1 aromatic carbocycles. The van der Waals surface area contributed by atoms with Crippen molar-refractivity contribution in [3.05, 3.63) is 28.5 Å². The predicted molar refractivity (Wildman–Crippen MR) is 70.2 cm³/mol. The number of nitrogens with one attached hydrogen (secondary N) is 1. The average Bonchev–Trinajstić information content (AvgIpc) is 2.27. The number of hydrogen-bond acceptors (Lipinski definition) is 3. The summed E-state index contributed by atoms with van der Waals surface area (Å²) in [6.07, 6.45) is 0.389. The molecule has 1 aromatic rings. The van der Waals surface area contributed by atoms with Gasteiger partial charge in [-0.2, -0.15) is 0 Å². The molecule has 1 unspecified atom stereocenters. The quantitative estimate of drug-likeness (QED) is 0.833. The fourth-order valence-corrected chi connectivity index (χ4v) is 3.43. The lowest BCUT2D eigenvalue weighted by Crippen LogP contribution is -2.27. The van der Waals surface area contributed by atoms with Crippen LogP contribution < -0.4 is 4.72 Å². The van der Waals surface area contributed by atoms with Crippen LogP contribution in [0.5, 0.6) is 0 Å². The minimum Gasteiger partial charge on any atom is -0.393 e. The SMILES string of the molecule is CCC(O)CCNS(=O)(=O)c1ccc(F)cc1Br. The van der Waals surface area contributed by atoms with Gasteiger partial charge in [0.05, 0.1) is 11.0 Å². The van der Waals surface area contributed by atoms with Crippen molar-refractivity contribution in [1.29, 1.82) is 0 Å². The third-order valence-corrected chi connectivity index (χ3v) is 4.86. The Morgan fingerprint density at radius 3 is 2.72 bits per heavy atom. The molecule has 0 saturated carbocycles. The maximum atomic E-state index is 12.9. The van der Waals surface area contributed by atoms with Crippen molar-refractivity contribution in [2.24, 2.45) is 0 Å². The average molecular weight is 340 g/mol. The van der Waals surface area contributed by atoms with Gasteiger partial charge in [-0.1, -0.05) is 6.92 Å². The molecule has 4 nitrogen and oxygen atoms in total. The van der Waals surface area contributed by atoms with Crippen molar-refractivity contribution in [1.82, 2.24) is 4.72 Å². The van der Waals surface area contributed by atoms with E-state index in [0.29, 0.717) is 12.8 Å². The predicted octanol–water partition coefficient (Wildman–Crippen LogP) is 2.03. The van der Waals surface area contributed by atoms with E-state index in [0.717, 1.165) is 12.1 Å². The third-order valence-electron chi connectivity index (χ3n) is 2.42. The van der Waals surface area contributed by atoms with Gasteiger partial charge in [0.25, 0.3) is 0 Å². The van der Waals surface area contributed by atoms with Crippen molar-refractivity contribution in [3.8, 4) is 0 Å². The van der Waals surface area contributed by atoms with Crippen LogP contribution in [0.2, 0.25) is 0 Å². The van der Waals surface area contributed by atoms with Gasteiger partial charge in [-0.15, -0.1) is 0 Å². The number of aliphatic hydroxyl groups is 1. The normalized spacial score (nSPS) is 13.6. The molecule has 0 amide bonds. The first-order valence-electron chi connectivity index (χ1n) is 5.49. The molecule has 2 N–H and O–H groups in total. The lowest BCUT2D eigenvalue weighted by atomic mass is 10.2. The van der Waals surface area contributed by atoms with E-state index in [9.17, 15) is 17.9 Å². The number of aliphatic hydroxyl groups excluding tert-OH is 1. The Morgan fingerprint density at radius 1 is 1.50 bits per heavy atom. The maximum absolute atomic E-state index is 12.9. The molecule has 7 heteroatoms. The first-order chi connectivity index (χ1) is 8.36. The number of benzene rings is 1. The Morgan fingerprint density at radius 2 is 2.17 bits per heavy atom. The van der Waals surface area contributed by atoms with Crippen LogP contribution in [0, 0.1) is 5.82 Å². The van der Waals surface area contributed by atoms with Crippen LogP contribution in [0.15, 0.2) is 27.6 Å². The van der Waals surface area contributed by atoms with Gasteiger partial charge in [-0.3, -0.25) is 0 Å². The molecule has 0 bridgehead atoms. The maximum Gasteiger partial charge on any atom is 0.241 e. The zero-order chi connectivity index (χ0) is 13.8. The summed E-state index contributed by atoms with van der Waals surface area (Å²) < 4.78 is 39.2. The summed E-state index contributed by atoms with van der Waals surface area (Å²) in [5.41, 5.74) is 0. The van der Waals surface area contributed by atoms with Crippen molar-refractivity contribution < 1.29 is 17.9 Å². The van der Waals surface area contributed by atoms with Gasteiger partial charge < -0.3 is 5.11 Å². The van der Waals surface area contributed by atoms with Gasteiger partial charge in [-0.25, -0.2) is 17.5 Å². The lowest BCUT2D eigenvalue weighted by Gasteiger charge is -2.10. The fourth-order valence-electron chi connectivity index (χ4n) is 1.33. The molecule has 0 heterocycles. The van der Waals surface area contributed by atoms with E-state index in [-0.39, 0.29) is 15.9 Å². The molecule has 0 spiro atoms. The molecule has 0 aliphatic rings. The highest BCUT2D eigenvalue weighted by molar-refractivity contribution is 9.10. The van der Waals surface area contributed by atoms with Gasteiger partial charge in [0, 0.05) is 11.0 Å². The summed E-state index contributed by atoms with van der Waals surface area (Å²) in [5, 5.41) is 9.32. The van der Waals surface area contributed by atoms with E-state index in [1.165, 1.54) is 6.07 Å². The second-order valence-corrected chi connectivity index (χ2v) is 6.41. The van der Waals surface area contributed by atoms with Gasteiger partial charge >= 0.3 is 0 Å². The molecular formula is C11H15BrFNO3S. The van der Waals surface area contributed by atoms with Crippen LogP contribution in [0.3, 0.4) is 0 Å². The molecule has 0 aromatic heterocycles. The third kappa shape index (κ3) is 4.31. The molecule has 0 saturated heterocycles. The topological polar surface area (TPSA) is 66.4 Å². The number of hydrogen-bond donors (Lipinski definition) is 2. The second-order valence-electron chi connectivity index (χ2n) is 3.82. The number of rotatable bonds is 6. The monoisotopic (exact) mass is 339 g/mol. The van der Waals surface area contributed by atoms with E-state index < -0.39 is 21.9 Å². The standard InChI is InChI=1S/C11H15BrFNO3S/c1-2-9(15)5-6-14-18(16,17)11-4-3-8(13)7-10(11)12/h3-4,7,9,14-15H,2,5-6H2,1H3. The largest absolute Gasteiger partial charge is 0.393 e. The summed E-state index contributed by atoms with van der Waals surface area (Å²) in [6, 6.07) is 3.37. The minimum atomic E-state index is -3.69. The summed E-state index contributed by atoms with van der Waals surface area (Å²) >= 11 is 3.01. The van der Waals surface area contributed by atoms with E-state index in [2.05, 4.69) is 20.7 Å². The van der Waals surface area contributed by atoms with Crippen molar-refractivity contribution in [2.75, 3.05) is 6.54 Å². The van der Waals surface area contributed by atoms with E-state index in [1.807, 2.05) is 6.92 Å². The Kier molecular flexibility index (Phi) is 5.71. The van der Waals surface area contributed by atoms with Gasteiger partial charge in [0.15, 0.2) is 0 Å². The summed E-state index contributed by atoms with van der Waals surface area (Å²) in [5.74, 6) is -0.512. The van der Waals surface area contributed by atoms with Gasteiger partial charge in [-0.05, 0) is 47.0 Å². The highest BCUT2D eigenvalue weighted by atomic mass is 79.9. The van der Waals surface area contributed by atoms with Crippen LogP contribution in [0.4, 0.5) is 4.39 Å². The van der Waals surface area contributed by atoms with E-state index in [4.69, 9.17) is 0 Å². The first kappa shape index (κ1) is 15.6. The Balaban J connectivity index is 2.74. The lowest BCUT2D eigenvalue weighted by molar-refractivity contribution is 0.162. The van der Waals surface area contributed by atoms with E-state index >= 15 is 0 Å². The number of sulfonamides is 1. The van der Waals surface area contributed by atoms with Crippen LogP contribution >= 0.6 is 15.9 Å². The van der Waals surface area contributed by atoms with Crippen molar-refractivity contribution in [3.63, 3.8) is 0 Å². The molecule has 0 aliphatic carbocycles. The molecular weight excluding hydrogens is 325 g/mol. The Bertz CT molecular complexity index is 507. The highest BCUT2D eigenvalue weighted by Gasteiger charge is 2.17. The van der Waals surface area contributed by atoms with E-state index in [1.54, 1.807) is 0 Å². The fraction of sp³-hybridized carbons (Fsp3) is 0.455. The van der Waals surface area contributed by atoms with Crippen LogP contribution in [0.25, 0.3) is 0 Å². The summed E-state index contributed by atoms with van der Waals surface area (Å²) in [6.45, 7) is 1.96.